The van der Waals surface area contributed by atoms with Gasteiger partial charge < -0.3 is 31.7 Å². The summed E-state index contributed by atoms with van der Waals surface area (Å²) >= 11 is 0. The van der Waals surface area contributed by atoms with E-state index >= 15 is 0 Å². The number of carbonyl (C=O) groups is 7. The van der Waals surface area contributed by atoms with Crippen LogP contribution < -0.4 is 16.4 Å². The van der Waals surface area contributed by atoms with Crippen LogP contribution in [-0.4, -0.2) is 116 Å². The fourth-order valence-electron chi connectivity index (χ4n) is 6.37. The molecule has 7 N–H and O–H groups in total. The molecule has 0 aromatic rings. The zero-order valence-corrected chi connectivity index (χ0v) is 36.3. The Balaban J connectivity index is 0. The van der Waals surface area contributed by atoms with E-state index in [0.29, 0.717) is 24.2 Å². The molecule has 0 fully saturated rings. The van der Waals surface area contributed by atoms with Gasteiger partial charge in [0.05, 0.1) is 0 Å². The Morgan fingerprint density at radius 2 is 0.836 bits per heavy atom. The minimum absolute atomic E-state index is 0. The Morgan fingerprint density at radius 3 is 1.15 bits per heavy atom. The smallest absolute Gasteiger partial charge is 0.326 e. The third-order valence-electron chi connectivity index (χ3n) is 9.58. The van der Waals surface area contributed by atoms with Crippen molar-refractivity contribution < 1.29 is 48.9 Å². The van der Waals surface area contributed by atoms with Gasteiger partial charge in [-0.3, -0.25) is 33.7 Å². The first-order valence-electron chi connectivity index (χ1n) is 20.7. The molecule has 0 saturated heterocycles. The molecule has 14 nitrogen and oxygen atoms in total. The van der Waals surface area contributed by atoms with E-state index in [1.54, 1.807) is 0 Å². The molecule has 4 amide bonds. The SMILES string of the molecule is CCCCCCCCCCCC(=O)N[C@@H](CCC(=O)O)C(=O)N(C(=O)[C@H](CCC(=O)O)NC(=O)CCCCCCCCCCC)[C@@H](CCCCN)C(=O)O.[Na]. The fourth-order valence-corrected chi connectivity index (χ4v) is 6.37. The van der Waals surface area contributed by atoms with Crippen LogP contribution in [0.2, 0.25) is 0 Å². The molecule has 0 rings (SSSR count). The molecule has 0 heterocycles. The first-order chi connectivity index (χ1) is 25.9. The van der Waals surface area contributed by atoms with Gasteiger partial charge in [-0.1, -0.05) is 117 Å². The van der Waals surface area contributed by atoms with E-state index in [4.69, 9.17) is 5.73 Å². The van der Waals surface area contributed by atoms with Gasteiger partial charge in [0.15, 0.2) is 0 Å². The Hall–Kier alpha value is -2.55. The van der Waals surface area contributed by atoms with Crippen molar-refractivity contribution >= 4 is 71.1 Å². The molecular formula is C40H72N4NaO10. The maximum Gasteiger partial charge on any atom is 0.326 e. The van der Waals surface area contributed by atoms with E-state index in [1.807, 2.05) is 0 Å². The summed E-state index contributed by atoms with van der Waals surface area (Å²) in [6.45, 7) is 4.54. The van der Waals surface area contributed by atoms with Crippen LogP contribution in [-0.2, 0) is 33.6 Å². The van der Waals surface area contributed by atoms with E-state index in [-0.39, 0.29) is 61.8 Å². The van der Waals surface area contributed by atoms with Crippen molar-refractivity contribution in [1.29, 1.82) is 0 Å². The molecule has 0 aromatic heterocycles. The Labute approximate surface area is 351 Å². The summed E-state index contributed by atoms with van der Waals surface area (Å²) < 4.78 is 0. The van der Waals surface area contributed by atoms with Crippen LogP contribution in [0.1, 0.15) is 187 Å². The quantitative estimate of drug-likeness (QED) is 0.0314. The molecule has 55 heavy (non-hydrogen) atoms. The maximum absolute atomic E-state index is 14.2. The van der Waals surface area contributed by atoms with Crippen LogP contribution in [0.5, 0.6) is 0 Å². The summed E-state index contributed by atoms with van der Waals surface area (Å²) in [6.07, 6.45) is 16.9. The van der Waals surface area contributed by atoms with Crippen LogP contribution in [0.4, 0.5) is 0 Å². The molecular weight excluding hydrogens is 719 g/mol. The average molecular weight is 792 g/mol. The van der Waals surface area contributed by atoms with E-state index in [9.17, 15) is 48.9 Å². The number of amides is 4. The number of rotatable bonds is 36. The van der Waals surface area contributed by atoms with Gasteiger partial charge in [0.25, 0.3) is 11.8 Å². The van der Waals surface area contributed by atoms with Crippen LogP contribution in [0, 0.1) is 0 Å². The number of unbranched alkanes of at least 4 members (excludes halogenated alkanes) is 17. The molecule has 0 aromatic carbocycles. The second-order valence-corrected chi connectivity index (χ2v) is 14.4. The molecule has 0 aliphatic rings. The second kappa shape index (κ2) is 35.8. The van der Waals surface area contributed by atoms with Crippen molar-refractivity contribution in [2.75, 3.05) is 6.54 Å². The Kier molecular flexibility index (Phi) is 35.5. The van der Waals surface area contributed by atoms with Gasteiger partial charge in [-0.15, -0.1) is 0 Å². The van der Waals surface area contributed by atoms with Crippen LogP contribution in [0.25, 0.3) is 0 Å². The number of hydrogen-bond acceptors (Lipinski definition) is 8. The summed E-state index contributed by atoms with van der Waals surface area (Å²) in [5, 5.41) is 34.2. The zero-order chi connectivity index (χ0) is 40.6. The average Bonchev–Trinajstić information content (AvgIpc) is 3.12. The van der Waals surface area contributed by atoms with E-state index in [1.165, 1.54) is 51.4 Å². The normalized spacial score (nSPS) is 12.5. The van der Waals surface area contributed by atoms with Crippen molar-refractivity contribution in [3.05, 3.63) is 0 Å². The predicted octanol–water partition coefficient (Wildman–Crippen LogP) is 6.08. The number of hydrogen-bond donors (Lipinski definition) is 6. The van der Waals surface area contributed by atoms with E-state index < -0.39 is 85.3 Å². The monoisotopic (exact) mass is 792 g/mol. The second-order valence-electron chi connectivity index (χ2n) is 14.4. The van der Waals surface area contributed by atoms with E-state index in [0.717, 1.165) is 51.4 Å². The number of carboxylic acids is 3. The van der Waals surface area contributed by atoms with Crippen LogP contribution in [0.3, 0.4) is 0 Å². The molecule has 1 radical (unpaired) electrons. The van der Waals surface area contributed by atoms with Gasteiger partial charge >= 0.3 is 17.9 Å². The van der Waals surface area contributed by atoms with Crippen molar-refractivity contribution in [3.63, 3.8) is 0 Å². The van der Waals surface area contributed by atoms with E-state index in [2.05, 4.69) is 24.5 Å². The molecule has 0 spiro atoms. The molecule has 15 heteroatoms. The summed E-state index contributed by atoms with van der Waals surface area (Å²) in [6, 6.07) is -4.84. The van der Waals surface area contributed by atoms with Crippen LogP contribution in [0.15, 0.2) is 0 Å². The minimum atomic E-state index is -1.74. The van der Waals surface area contributed by atoms with Crippen molar-refractivity contribution in [2.45, 2.75) is 205 Å². The van der Waals surface area contributed by atoms with Gasteiger partial charge in [-0.2, -0.15) is 0 Å². The molecule has 0 bridgehead atoms. The van der Waals surface area contributed by atoms with Gasteiger partial charge in [0, 0.05) is 55.2 Å². The summed E-state index contributed by atoms with van der Waals surface area (Å²) in [5.74, 6) is -7.39. The first-order valence-corrected chi connectivity index (χ1v) is 20.7. The first kappa shape index (κ1) is 54.5. The topological polar surface area (TPSA) is 233 Å². The predicted molar refractivity (Wildman–Crippen MR) is 213 cm³/mol. The third-order valence-corrected chi connectivity index (χ3v) is 9.58. The molecule has 0 aliphatic carbocycles. The molecule has 3 atom stereocenters. The molecule has 313 valence electrons. The van der Waals surface area contributed by atoms with Gasteiger partial charge in [-0.25, -0.2) is 4.79 Å². The number of nitrogens with two attached hydrogens (primary N) is 1. The number of imide groups is 1. The third kappa shape index (κ3) is 28.5. The largest absolute Gasteiger partial charge is 0.481 e. The number of carboxylic acid groups (broad SMARTS) is 3. The zero-order valence-electron chi connectivity index (χ0n) is 34.3. The van der Waals surface area contributed by atoms with Crippen molar-refractivity contribution in [1.82, 2.24) is 15.5 Å². The Morgan fingerprint density at radius 1 is 0.491 bits per heavy atom. The Bertz CT molecular complexity index is 1040. The van der Waals surface area contributed by atoms with Gasteiger partial charge in [0.1, 0.15) is 18.1 Å². The minimum Gasteiger partial charge on any atom is -0.481 e. The number of carbonyl (C=O) groups excluding carboxylic acids is 4. The number of nitrogens with zero attached hydrogens (tertiary/aromatic N) is 1. The van der Waals surface area contributed by atoms with Crippen molar-refractivity contribution in [3.8, 4) is 0 Å². The number of nitrogens with one attached hydrogen (secondary N) is 2. The summed E-state index contributed by atoms with van der Waals surface area (Å²) in [5.41, 5.74) is 5.61. The molecule has 0 aliphatic heterocycles. The van der Waals surface area contributed by atoms with Gasteiger partial charge in [-0.05, 0) is 51.5 Å². The molecule has 0 saturated carbocycles. The number of aliphatic carboxylic acids is 3. The summed E-state index contributed by atoms with van der Waals surface area (Å²) in [4.78, 5) is 90.7. The van der Waals surface area contributed by atoms with Gasteiger partial charge in [0.2, 0.25) is 11.8 Å². The molecule has 0 unspecified atom stereocenters. The summed E-state index contributed by atoms with van der Waals surface area (Å²) in [7, 11) is 0. The fraction of sp³-hybridized carbons (Fsp3) is 0.825. The standard InChI is InChI=1S/C40H72N4O10.Na/c1-3-5-7-9-11-13-15-17-19-24-34(45)42-31(26-28-36(47)48)38(51)44(33(40(53)54)23-21-22-30-41)39(52)32(27-29-37(49)50)43-35(46)25-20-18-16-14-12-10-8-6-4-2;/h31-33H,3-30,41H2,1-2H3,(H,42,45)(H,43,46)(H,47,48)(H,49,50)(H,53,54);/t31-,32-,33-;/m0./s1. The van der Waals surface area contributed by atoms with Crippen LogP contribution >= 0.6 is 0 Å². The van der Waals surface area contributed by atoms with Crippen molar-refractivity contribution in [2.24, 2.45) is 5.73 Å². The maximum atomic E-state index is 14.2.